The molecule has 1 atom stereocenters. The summed E-state index contributed by atoms with van der Waals surface area (Å²) >= 11 is 1.54. The van der Waals surface area contributed by atoms with Crippen molar-refractivity contribution in [3.05, 3.63) is 66.0 Å². The van der Waals surface area contributed by atoms with Gasteiger partial charge in [-0.2, -0.15) is 0 Å². The second-order valence-corrected chi connectivity index (χ2v) is 5.35. The molecule has 0 saturated heterocycles. The molecule has 0 aromatic heterocycles. The third kappa shape index (κ3) is 3.74. The predicted molar refractivity (Wildman–Crippen MR) is 79.7 cm³/mol. The molecule has 0 heterocycles. The molecule has 0 amide bonds. The van der Waals surface area contributed by atoms with E-state index >= 15 is 0 Å². The number of oxime groups is 1. The van der Waals surface area contributed by atoms with E-state index in [1.165, 1.54) is 23.9 Å². The normalized spacial score (nSPS) is 13.2. The number of nitrogens with zero attached hydrogens (tertiary/aromatic N) is 1. The first kappa shape index (κ1) is 14.4. The largest absolute Gasteiger partial charge is 0.409 e. The first-order valence-corrected chi connectivity index (χ1v) is 7.10. The Labute approximate surface area is 121 Å². The summed E-state index contributed by atoms with van der Waals surface area (Å²) < 4.78 is 12.9. The average Bonchev–Trinajstić information content (AvgIpc) is 2.50. The molecule has 0 aliphatic carbocycles. The highest BCUT2D eigenvalue weighted by molar-refractivity contribution is 7.99. The van der Waals surface area contributed by atoms with Crippen molar-refractivity contribution in [1.29, 1.82) is 0 Å². The van der Waals surface area contributed by atoms with Crippen LogP contribution in [0.4, 0.5) is 4.39 Å². The first-order valence-electron chi connectivity index (χ1n) is 6.11. The van der Waals surface area contributed by atoms with Crippen LogP contribution < -0.4 is 5.73 Å². The van der Waals surface area contributed by atoms with Crippen LogP contribution in [0.3, 0.4) is 0 Å². The molecular formula is C15H15FN2OS. The Morgan fingerprint density at radius 3 is 2.40 bits per heavy atom. The van der Waals surface area contributed by atoms with Crippen molar-refractivity contribution in [2.45, 2.75) is 10.8 Å². The van der Waals surface area contributed by atoms with Gasteiger partial charge in [0, 0.05) is 10.6 Å². The fourth-order valence-electron chi connectivity index (χ4n) is 1.82. The fraction of sp³-hybridized carbons (Fsp3) is 0.133. The molecule has 2 rings (SSSR count). The van der Waals surface area contributed by atoms with Gasteiger partial charge in [0.05, 0.1) is 5.92 Å². The van der Waals surface area contributed by atoms with E-state index < -0.39 is 0 Å². The van der Waals surface area contributed by atoms with Crippen LogP contribution in [0.5, 0.6) is 0 Å². The lowest BCUT2D eigenvalue weighted by Gasteiger charge is -2.15. The number of nitrogens with two attached hydrogens (primary N) is 1. The molecule has 3 N–H and O–H groups in total. The SMILES string of the molecule is NC(=NO)C(CSc1ccc(F)cc1)c1ccccc1. The summed E-state index contributed by atoms with van der Waals surface area (Å²) in [4.78, 5) is 0.943. The van der Waals surface area contributed by atoms with Crippen molar-refractivity contribution in [2.75, 3.05) is 5.75 Å². The summed E-state index contributed by atoms with van der Waals surface area (Å²) in [6.07, 6.45) is 0. The Kier molecular flexibility index (Phi) is 5.01. The minimum absolute atomic E-state index is 0.172. The van der Waals surface area contributed by atoms with Gasteiger partial charge >= 0.3 is 0 Å². The molecule has 0 fully saturated rings. The number of hydrogen-bond donors (Lipinski definition) is 2. The molecule has 0 radical (unpaired) electrons. The van der Waals surface area contributed by atoms with E-state index in [1.807, 2.05) is 30.3 Å². The molecule has 0 aliphatic heterocycles. The molecular weight excluding hydrogens is 275 g/mol. The maximum absolute atomic E-state index is 12.9. The zero-order valence-corrected chi connectivity index (χ0v) is 11.6. The van der Waals surface area contributed by atoms with Crippen LogP contribution in [0.15, 0.2) is 64.6 Å². The summed E-state index contributed by atoms with van der Waals surface area (Å²) in [5, 5.41) is 12.0. The van der Waals surface area contributed by atoms with Crippen molar-refractivity contribution in [3.8, 4) is 0 Å². The quantitative estimate of drug-likeness (QED) is 0.291. The monoisotopic (exact) mass is 290 g/mol. The first-order chi connectivity index (χ1) is 9.70. The van der Waals surface area contributed by atoms with Gasteiger partial charge in [-0.1, -0.05) is 35.5 Å². The van der Waals surface area contributed by atoms with E-state index in [0.717, 1.165) is 10.5 Å². The Hall–Kier alpha value is -2.01. The summed E-state index contributed by atoms with van der Waals surface area (Å²) in [5.74, 6) is 0.346. The summed E-state index contributed by atoms with van der Waals surface area (Å²) in [5.41, 5.74) is 6.75. The van der Waals surface area contributed by atoms with E-state index in [2.05, 4.69) is 5.16 Å². The second kappa shape index (κ2) is 6.96. The molecule has 0 bridgehead atoms. The van der Waals surface area contributed by atoms with Crippen LogP contribution in [0.25, 0.3) is 0 Å². The van der Waals surface area contributed by atoms with E-state index in [1.54, 1.807) is 12.1 Å². The smallest absolute Gasteiger partial charge is 0.147 e. The van der Waals surface area contributed by atoms with Crippen LogP contribution in [0.2, 0.25) is 0 Å². The number of hydrogen-bond acceptors (Lipinski definition) is 3. The van der Waals surface area contributed by atoms with Crippen molar-refractivity contribution >= 4 is 17.6 Å². The van der Waals surface area contributed by atoms with Crippen molar-refractivity contribution in [3.63, 3.8) is 0 Å². The number of rotatable bonds is 5. The van der Waals surface area contributed by atoms with Gasteiger partial charge in [0.15, 0.2) is 0 Å². The zero-order valence-electron chi connectivity index (χ0n) is 10.7. The molecule has 104 valence electrons. The predicted octanol–water partition coefficient (Wildman–Crippen LogP) is 3.45. The lowest BCUT2D eigenvalue weighted by atomic mass is 10.0. The highest BCUT2D eigenvalue weighted by atomic mass is 32.2. The lowest BCUT2D eigenvalue weighted by Crippen LogP contribution is -2.23. The molecule has 2 aromatic rings. The van der Waals surface area contributed by atoms with Crippen molar-refractivity contribution in [2.24, 2.45) is 10.9 Å². The molecule has 0 aliphatic rings. The Morgan fingerprint density at radius 1 is 1.15 bits per heavy atom. The van der Waals surface area contributed by atoms with Crippen LogP contribution in [0.1, 0.15) is 11.5 Å². The highest BCUT2D eigenvalue weighted by Crippen LogP contribution is 2.26. The van der Waals surface area contributed by atoms with E-state index in [-0.39, 0.29) is 17.6 Å². The van der Waals surface area contributed by atoms with Gasteiger partial charge in [0.25, 0.3) is 0 Å². The Bertz CT molecular complexity index is 572. The molecule has 1 unspecified atom stereocenters. The van der Waals surface area contributed by atoms with Crippen LogP contribution in [-0.4, -0.2) is 16.8 Å². The van der Waals surface area contributed by atoms with Gasteiger partial charge in [-0.15, -0.1) is 11.8 Å². The van der Waals surface area contributed by atoms with E-state index in [0.29, 0.717) is 5.75 Å². The molecule has 3 nitrogen and oxygen atoms in total. The van der Waals surface area contributed by atoms with Crippen LogP contribution in [0, 0.1) is 5.82 Å². The maximum atomic E-state index is 12.9. The van der Waals surface area contributed by atoms with E-state index in [9.17, 15) is 4.39 Å². The number of thioether (sulfide) groups is 1. The fourth-order valence-corrected chi connectivity index (χ4v) is 2.87. The molecule has 2 aromatic carbocycles. The maximum Gasteiger partial charge on any atom is 0.147 e. The minimum Gasteiger partial charge on any atom is -0.409 e. The van der Waals surface area contributed by atoms with Crippen LogP contribution >= 0.6 is 11.8 Å². The Balaban J connectivity index is 2.11. The third-order valence-electron chi connectivity index (χ3n) is 2.90. The van der Waals surface area contributed by atoms with Crippen molar-refractivity contribution < 1.29 is 9.60 Å². The average molecular weight is 290 g/mol. The standard InChI is InChI=1S/C15H15FN2OS/c16-12-6-8-13(9-7-12)20-10-14(15(17)18-19)11-4-2-1-3-5-11/h1-9,14,19H,10H2,(H2,17,18). The van der Waals surface area contributed by atoms with E-state index in [4.69, 9.17) is 10.9 Å². The number of benzene rings is 2. The van der Waals surface area contributed by atoms with Gasteiger partial charge in [-0.05, 0) is 29.8 Å². The highest BCUT2D eigenvalue weighted by Gasteiger charge is 2.16. The number of amidine groups is 1. The minimum atomic E-state index is -0.259. The molecule has 0 spiro atoms. The van der Waals surface area contributed by atoms with Gasteiger partial charge in [-0.25, -0.2) is 4.39 Å². The third-order valence-corrected chi connectivity index (χ3v) is 4.01. The lowest BCUT2D eigenvalue weighted by molar-refractivity contribution is 0.316. The topological polar surface area (TPSA) is 58.6 Å². The molecule has 0 saturated carbocycles. The Morgan fingerprint density at radius 2 is 1.80 bits per heavy atom. The summed E-state index contributed by atoms with van der Waals surface area (Å²) in [6.45, 7) is 0. The summed E-state index contributed by atoms with van der Waals surface area (Å²) in [7, 11) is 0. The van der Waals surface area contributed by atoms with Crippen LogP contribution in [-0.2, 0) is 0 Å². The molecule has 20 heavy (non-hydrogen) atoms. The van der Waals surface area contributed by atoms with Gasteiger partial charge in [-0.3, -0.25) is 0 Å². The zero-order chi connectivity index (χ0) is 14.4. The van der Waals surface area contributed by atoms with Crippen molar-refractivity contribution in [1.82, 2.24) is 0 Å². The van der Waals surface area contributed by atoms with Gasteiger partial charge in [0.1, 0.15) is 11.7 Å². The van der Waals surface area contributed by atoms with Gasteiger partial charge in [0.2, 0.25) is 0 Å². The summed E-state index contributed by atoms with van der Waals surface area (Å²) in [6, 6.07) is 15.9. The second-order valence-electron chi connectivity index (χ2n) is 4.25. The number of halogens is 1. The van der Waals surface area contributed by atoms with Gasteiger partial charge < -0.3 is 10.9 Å². The molecule has 5 heteroatoms.